The van der Waals surface area contributed by atoms with Gasteiger partial charge in [0.15, 0.2) is 0 Å². The average molecular weight is 502 g/mol. The Bertz CT molecular complexity index is 772. The van der Waals surface area contributed by atoms with Crippen LogP contribution in [0.4, 0.5) is 0 Å². The summed E-state index contributed by atoms with van der Waals surface area (Å²) in [4.78, 5) is 31.7. The van der Waals surface area contributed by atoms with Crippen LogP contribution in [-0.4, -0.2) is 32.8 Å². The number of nitrogens with zero attached hydrogens (tertiary/aromatic N) is 3. The third-order valence-electron chi connectivity index (χ3n) is 8.24. The molecule has 0 bridgehead atoms. The van der Waals surface area contributed by atoms with Gasteiger partial charge in [-0.1, -0.05) is 118 Å². The highest BCUT2D eigenvalue weighted by atomic mass is 16.2. The van der Waals surface area contributed by atoms with Crippen molar-refractivity contribution in [2.75, 3.05) is 6.54 Å². The number of fused-ring (bicyclic) bond motifs is 1. The van der Waals surface area contributed by atoms with Crippen molar-refractivity contribution in [1.29, 1.82) is 0 Å². The highest BCUT2D eigenvalue weighted by Crippen LogP contribution is 2.23. The Hall–Kier alpha value is -1.65. The molecule has 0 saturated heterocycles. The van der Waals surface area contributed by atoms with Crippen molar-refractivity contribution in [3.05, 3.63) is 17.7 Å². The summed E-state index contributed by atoms with van der Waals surface area (Å²) in [6.07, 6.45) is 22.4. The van der Waals surface area contributed by atoms with Gasteiger partial charge in [-0.25, -0.2) is 4.98 Å². The summed E-state index contributed by atoms with van der Waals surface area (Å²) in [5.74, 6) is 1.84. The first-order valence-electron chi connectivity index (χ1n) is 15.2. The third-order valence-corrected chi connectivity index (χ3v) is 8.24. The zero-order valence-electron chi connectivity index (χ0n) is 24.2. The van der Waals surface area contributed by atoms with Crippen molar-refractivity contribution >= 4 is 11.8 Å². The lowest BCUT2D eigenvalue weighted by Gasteiger charge is -2.25. The molecule has 3 atom stereocenters. The Morgan fingerprint density at radius 2 is 1.50 bits per heavy atom. The van der Waals surface area contributed by atoms with E-state index in [0.29, 0.717) is 25.1 Å². The van der Waals surface area contributed by atoms with E-state index in [-0.39, 0.29) is 17.7 Å². The van der Waals surface area contributed by atoms with Crippen molar-refractivity contribution in [2.45, 2.75) is 137 Å². The molecule has 0 N–H and O–H groups in total. The largest absolute Gasteiger partial charge is 0.329 e. The maximum absolute atomic E-state index is 13.1. The summed E-state index contributed by atoms with van der Waals surface area (Å²) in [5.41, 5.74) is 1.42. The zero-order chi connectivity index (χ0) is 26.3. The second-order valence-electron chi connectivity index (χ2n) is 11.7. The van der Waals surface area contributed by atoms with E-state index in [1.54, 1.807) is 10.9 Å². The van der Waals surface area contributed by atoms with Gasteiger partial charge in [0.1, 0.15) is 5.69 Å². The molecule has 0 aliphatic carbocycles. The SMILES string of the molecule is CCCC(CC)CCCCC(C)CCCCCCCCCN1C(=O)CC(C)Cc2ncn(C)c2C1=O. The summed E-state index contributed by atoms with van der Waals surface area (Å²) in [5, 5.41) is 0. The van der Waals surface area contributed by atoms with Gasteiger partial charge in [0.2, 0.25) is 5.91 Å². The van der Waals surface area contributed by atoms with Crippen molar-refractivity contribution in [2.24, 2.45) is 24.8 Å². The number of imide groups is 1. The molecule has 0 aromatic carbocycles. The minimum absolute atomic E-state index is 0.0281. The van der Waals surface area contributed by atoms with Gasteiger partial charge in [-0.05, 0) is 30.6 Å². The van der Waals surface area contributed by atoms with Crippen molar-refractivity contribution in [1.82, 2.24) is 14.5 Å². The Balaban J connectivity index is 1.54. The maximum Gasteiger partial charge on any atom is 0.279 e. The lowest BCUT2D eigenvalue weighted by molar-refractivity contribution is -0.129. The molecule has 0 radical (unpaired) electrons. The van der Waals surface area contributed by atoms with Crippen molar-refractivity contribution in [3.63, 3.8) is 0 Å². The number of unbranched alkanes of at least 4 members (excludes halogenated alkanes) is 7. The maximum atomic E-state index is 13.1. The number of imidazole rings is 1. The van der Waals surface area contributed by atoms with E-state index in [4.69, 9.17) is 0 Å². The number of carbonyl (C=O) groups is 2. The second kappa shape index (κ2) is 17.0. The lowest BCUT2D eigenvalue weighted by atomic mass is 9.91. The third kappa shape index (κ3) is 10.4. The Kier molecular flexibility index (Phi) is 14.4. The van der Waals surface area contributed by atoms with Crippen LogP contribution < -0.4 is 0 Å². The molecule has 36 heavy (non-hydrogen) atoms. The quantitative estimate of drug-likeness (QED) is 0.151. The summed E-state index contributed by atoms with van der Waals surface area (Å²) < 4.78 is 1.77. The predicted molar refractivity (Wildman–Crippen MR) is 150 cm³/mol. The molecular formula is C31H55N3O2. The molecule has 1 aliphatic rings. The number of hydrogen-bond acceptors (Lipinski definition) is 3. The molecule has 0 spiro atoms. The number of hydrogen-bond donors (Lipinski definition) is 0. The number of aryl methyl sites for hydroxylation is 1. The summed E-state index contributed by atoms with van der Waals surface area (Å²) >= 11 is 0. The van der Waals surface area contributed by atoms with Gasteiger partial charge >= 0.3 is 0 Å². The molecular weight excluding hydrogens is 446 g/mol. The molecule has 0 fully saturated rings. The van der Waals surface area contributed by atoms with Crippen LogP contribution in [0.1, 0.15) is 147 Å². The van der Waals surface area contributed by atoms with Crippen molar-refractivity contribution < 1.29 is 9.59 Å². The second-order valence-corrected chi connectivity index (χ2v) is 11.7. The fraction of sp³-hybridized carbons (Fsp3) is 0.839. The van der Waals surface area contributed by atoms with E-state index in [1.807, 2.05) is 7.05 Å². The normalized spacial score (nSPS) is 18.1. The molecule has 0 saturated carbocycles. The van der Waals surface area contributed by atoms with E-state index >= 15 is 0 Å². The molecule has 2 rings (SSSR count). The Morgan fingerprint density at radius 3 is 2.17 bits per heavy atom. The summed E-state index contributed by atoms with van der Waals surface area (Å²) in [7, 11) is 1.84. The fourth-order valence-electron chi connectivity index (χ4n) is 5.86. The van der Waals surface area contributed by atoms with Gasteiger partial charge < -0.3 is 4.57 Å². The summed E-state index contributed by atoms with van der Waals surface area (Å²) in [6, 6.07) is 0. The van der Waals surface area contributed by atoms with E-state index in [0.717, 1.165) is 30.4 Å². The van der Waals surface area contributed by atoms with Crippen LogP contribution in [-0.2, 0) is 18.3 Å². The van der Waals surface area contributed by atoms with Gasteiger partial charge in [-0.3, -0.25) is 14.5 Å². The van der Waals surface area contributed by atoms with Gasteiger partial charge in [-0.2, -0.15) is 0 Å². The number of carbonyl (C=O) groups excluding carboxylic acids is 2. The van der Waals surface area contributed by atoms with Gasteiger partial charge in [0.05, 0.1) is 12.0 Å². The van der Waals surface area contributed by atoms with Crippen LogP contribution in [0.15, 0.2) is 6.33 Å². The van der Waals surface area contributed by atoms with Crippen LogP contribution >= 0.6 is 0 Å². The minimum Gasteiger partial charge on any atom is -0.329 e. The van der Waals surface area contributed by atoms with Gasteiger partial charge in [0, 0.05) is 20.0 Å². The highest BCUT2D eigenvalue weighted by Gasteiger charge is 2.31. The van der Waals surface area contributed by atoms with Crippen LogP contribution in [0.2, 0.25) is 0 Å². The molecule has 2 amide bonds. The average Bonchev–Trinajstić information content (AvgIpc) is 3.20. The monoisotopic (exact) mass is 501 g/mol. The van der Waals surface area contributed by atoms with Crippen LogP contribution in [0.5, 0.6) is 0 Å². The van der Waals surface area contributed by atoms with E-state index in [1.165, 1.54) is 88.4 Å². The fourth-order valence-corrected chi connectivity index (χ4v) is 5.86. The van der Waals surface area contributed by atoms with E-state index < -0.39 is 0 Å². The first-order valence-corrected chi connectivity index (χ1v) is 15.2. The van der Waals surface area contributed by atoms with Gasteiger partial charge in [0.25, 0.3) is 5.91 Å². The van der Waals surface area contributed by atoms with Crippen LogP contribution in [0, 0.1) is 17.8 Å². The molecule has 2 heterocycles. The Morgan fingerprint density at radius 1 is 0.889 bits per heavy atom. The molecule has 206 valence electrons. The summed E-state index contributed by atoms with van der Waals surface area (Å²) in [6.45, 7) is 9.70. The first kappa shape index (κ1) is 30.6. The highest BCUT2D eigenvalue weighted by molar-refractivity contribution is 6.04. The number of amides is 2. The minimum atomic E-state index is -0.165. The van der Waals surface area contributed by atoms with Crippen LogP contribution in [0.25, 0.3) is 0 Å². The smallest absolute Gasteiger partial charge is 0.279 e. The topological polar surface area (TPSA) is 55.2 Å². The van der Waals surface area contributed by atoms with Crippen LogP contribution in [0.3, 0.4) is 0 Å². The lowest BCUT2D eigenvalue weighted by Crippen LogP contribution is -2.41. The van der Waals surface area contributed by atoms with Gasteiger partial charge in [-0.15, -0.1) is 0 Å². The molecule has 3 unspecified atom stereocenters. The Labute approximate surface area is 221 Å². The predicted octanol–water partition coefficient (Wildman–Crippen LogP) is 8.11. The molecule has 1 aromatic rings. The number of rotatable bonds is 18. The zero-order valence-corrected chi connectivity index (χ0v) is 24.2. The first-order chi connectivity index (χ1) is 17.4. The molecule has 5 heteroatoms. The molecule has 5 nitrogen and oxygen atoms in total. The molecule has 1 aromatic heterocycles. The molecule has 1 aliphatic heterocycles. The number of aromatic nitrogens is 2. The van der Waals surface area contributed by atoms with E-state index in [2.05, 4.69) is 32.7 Å². The van der Waals surface area contributed by atoms with Crippen molar-refractivity contribution in [3.8, 4) is 0 Å². The van der Waals surface area contributed by atoms with E-state index in [9.17, 15) is 9.59 Å². The standard InChI is InChI=1S/C31H55N3O2/c1-6-17-27(7-2)20-15-14-19-25(3)18-13-11-9-8-10-12-16-21-34-29(35)23-26(4)22-28-30(31(34)36)33(5)24-32-28/h24-27H,6-23H2,1-5H3.